The molecule has 29 heavy (non-hydrogen) atoms. The molecule has 0 amide bonds. The van der Waals surface area contributed by atoms with E-state index in [0.29, 0.717) is 18.2 Å². The number of rotatable bonds is 6. The lowest BCUT2D eigenvalue weighted by molar-refractivity contribution is 0.0690. The first kappa shape index (κ1) is 18.4. The lowest BCUT2D eigenvalue weighted by atomic mass is 10.0. The predicted molar refractivity (Wildman–Crippen MR) is 110 cm³/mol. The topological polar surface area (TPSA) is 97.2 Å². The minimum atomic E-state index is -1.12. The second-order valence-corrected chi connectivity index (χ2v) is 6.48. The van der Waals surface area contributed by atoms with Crippen LogP contribution in [-0.2, 0) is 6.61 Å². The van der Waals surface area contributed by atoms with Crippen LogP contribution in [0.1, 0.15) is 21.6 Å². The van der Waals surface area contributed by atoms with E-state index in [4.69, 9.17) is 9.84 Å². The van der Waals surface area contributed by atoms with Gasteiger partial charge in [-0.3, -0.25) is 0 Å². The Morgan fingerprint density at radius 2 is 1.83 bits per heavy atom. The van der Waals surface area contributed by atoms with Crippen LogP contribution in [0.15, 0.2) is 67.1 Å². The number of carboxylic acids is 1. The SMILES string of the molecule is Cc1ccc(OCc2ccnc(Nc3cnc(C(=O)O)cn3)c2)c2ccccc12. The third kappa shape index (κ3) is 4.14. The molecule has 0 atom stereocenters. The van der Waals surface area contributed by atoms with E-state index < -0.39 is 5.97 Å². The molecular weight excluding hydrogens is 368 g/mol. The van der Waals surface area contributed by atoms with Crippen LogP contribution >= 0.6 is 0 Å². The van der Waals surface area contributed by atoms with Gasteiger partial charge >= 0.3 is 5.97 Å². The fourth-order valence-corrected chi connectivity index (χ4v) is 2.98. The van der Waals surface area contributed by atoms with Crippen molar-refractivity contribution < 1.29 is 14.6 Å². The molecule has 144 valence electrons. The molecule has 0 unspecified atom stereocenters. The molecule has 2 N–H and O–H groups in total. The third-order valence-electron chi connectivity index (χ3n) is 4.45. The lowest BCUT2D eigenvalue weighted by Gasteiger charge is -2.12. The molecule has 0 bridgehead atoms. The standard InChI is InChI=1S/C22H18N4O3/c1-14-6-7-19(17-5-3-2-4-16(14)17)29-13-15-8-9-23-20(10-15)26-21-12-24-18(11-25-21)22(27)28/h2-12H,13H2,1H3,(H,27,28)(H,23,25,26). The number of anilines is 2. The Hall–Kier alpha value is -4.00. The Bertz CT molecular complexity index is 1180. The van der Waals surface area contributed by atoms with E-state index >= 15 is 0 Å². The van der Waals surface area contributed by atoms with E-state index in [1.165, 1.54) is 23.3 Å². The number of hydrogen-bond donors (Lipinski definition) is 2. The van der Waals surface area contributed by atoms with Crippen LogP contribution < -0.4 is 10.1 Å². The van der Waals surface area contributed by atoms with Crippen LogP contribution in [0.3, 0.4) is 0 Å². The summed E-state index contributed by atoms with van der Waals surface area (Å²) in [6.07, 6.45) is 4.22. The molecule has 0 fully saturated rings. The number of nitrogens with zero attached hydrogens (tertiary/aromatic N) is 3. The molecule has 0 aliphatic rings. The maximum Gasteiger partial charge on any atom is 0.356 e. The average molecular weight is 386 g/mol. The molecule has 2 aromatic carbocycles. The largest absolute Gasteiger partial charge is 0.488 e. The van der Waals surface area contributed by atoms with Crippen LogP contribution in [0.25, 0.3) is 10.8 Å². The number of benzene rings is 2. The molecule has 4 rings (SSSR count). The number of nitrogens with one attached hydrogen (secondary N) is 1. The molecule has 0 aliphatic heterocycles. The normalized spacial score (nSPS) is 10.7. The number of pyridine rings is 1. The number of carboxylic acid groups (broad SMARTS) is 1. The molecule has 2 heterocycles. The summed E-state index contributed by atoms with van der Waals surface area (Å²) >= 11 is 0. The van der Waals surface area contributed by atoms with Gasteiger partial charge < -0.3 is 15.2 Å². The van der Waals surface area contributed by atoms with E-state index in [2.05, 4.69) is 45.4 Å². The third-order valence-corrected chi connectivity index (χ3v) is 4.45. The highest BCUT2D eigenvalue weighted by atomic mass is 16.5. The second-order valence-electron chi connectivity index (χ2n) is 6.48. The fraction of sp³-hybridized carbons (Fsp3) is 0.0909. The van der Waals surface area contributed by atoms with Gasteiger partial charge in [-0.1, -0.05) is 30.3 Å². The van der Waals surface area contributed by atoms with Gasteiger partial charge in [0, 0.05) is 11.6 Å². The Labute approximate surface area is 167 Å². The van der Waals surface area contributed by atoms with Crippen LogP contribution in [0.2, 0.25) is 0 Å². The quantitative estimate of drug-likeness (QED) is 0.508. The summed E-state index contributed by atoms with van der Waals surface area (Å²) in [7, 11) is 0. The molecule has 0 saturated carbocycles. The van der Waals surface area contributed by atoms with Gasteiger partial charge in [-0.25, -0.2) is 19.7 Å². The summed E-state index contributed by atoms with van der Waals surface area (Å²) in [6, 6.07) is 15.9. The van der Waals surface area contributed by atoms with Crippen LogP contribution in [-0.4, -0.2) is 26.0 Å². The molecule has 0 radical (unpaired) electrons. The monoisotopic (exact) mass is 386 g/mol. The summed E-state index contributed by atoms with van der Waals surface area (Å²) in [5.74, 6) is 0.680. The minimum Gasteiger partial charge on any atom is -0.488 e. The molecular formula is C22H18N4O3. The summed E-state index contributed by atoms with van der Waals surface area (Å²) in [4.78, 5) is 23.0. The van der Waals surface area contributed by atoms with Crippen molar-refractivity contribution in [3.05, 3.63) is 83.9 Å². The highest BCUT2D eigenvalue weighted by Gasteiger charge is 2.07. The highest BCUT2D eigenvalue weighted by Crippen LogP contribution is 2.28. The Kier molecular flexibility index (Phi) is 5.03. The summed E-state index contributed by atoms with van der Waals surface area (Å²) in [5, 5.41) is 14.1. The number of ether oxygens (including phenoxy) is 1. The van der Waals surface area contributed by atoms with Crippen molar-refractivity contribution in [3.63, 3.8) is 0 Å². The van der Waals surface area contributed by atoms with E-state index in [1.807, 2.05) is 30.3 Å². The number of carbonyl (C=O) groups is 1. The summed E-state index contributed by atoms with van der Waals surface area (Å²) in [5.41, 5.74) is 2.02. The smallest absolute Gasteiger partial charge is 0.356 e. The first-order chi connectivity index (χ1) is 14.1. The zero-order valence-corrected chi connectivity index (χ0v) is 15.7. The molecule has 7 heteroatoms. The minimum absolute atomic E-state index is 0.115. The maximum absolute atomic E-state index is 10.9. The molecule has 2 aromatic heterocycles. The number of fused-ring (bicyclic) bond motifs is 1. The van der Waals surface area contributed by atoms with E-state index in [0.717, 1.165) is 16.7 Å². The van der Waals surface area contributed by atoms with Gasteiger partial charge in [0.1, 0.15) is 24.0 Å². The van der Waals surface area contributed by atoms with Gasteiger partial charge in [-0.15, -0.1) is 0 Å². The van der Waals surface area contributed by atoms with Gasteiger partial charge in [-0.05, 0) is 41.6 Å². The van der Waals surface area contributed by atoms with Crippen molar-refractivity contribution in [3.8, 4) is 5.75 Å². The van der Waals surface area contributed by atoms with Gasteiger partial charge in [0.2, 0.25) is 0 Å². The number of hydrogen-bond acceptors (Lipinski definition) is 6. The zero-order chi connectivity index (χ0) is 20.2. The van der Waals surface area contributed by atoms with Crippen molar-refractivity contribution in [2.45, 2.75) is 13.5 Å². The maximum atomic E-state index is 10.9. The summed E-state index contributed by atoms with van der Waals surface area (Å²) < 4.78 is 6.06. The Balaban J connectivity index is 1.48. The molecule has 0 spiro atoms. The first-order valence-electron chi connectivity index (χ1n) is 8.98. The molecule has 0 aliphatic carbocycles. The van der Waals surface area contributed by atoms with E-state index in [-0.39, 0.29) is 5.69 Å². The Morgan fingerprint density at radius 1 is 1.00 bits per heavy atom. The van der Waals surface area contributed by atoms with Crippen LogP contribution in [0.4, 0.5) is 11.6 Å². The fourth-order valence-electron chi connectivity index (χ4n) is 2.98. The number of aromatic nitrogens is 3. The van der Waals surface area contributed by atoms with E-state index in [9.17, 15) is 4.79 Å². The van der Waals surface area contributed by atoms with Gasteiger partial charge in [-0.2, -0.15) is 0 Å². The van der Waals surface area contributed by atoms with Crippen molar-refractivity contribution in [1.82, 2.24) is 15.0 Å². The molecule has 7 nitrogen and oxygen atoms in total. The first-order valence-corrected chi connectivity index (χ1v) is 8.98. The number of aromatic carboxylic acids is 1. The predicted octanol–water partition coefficient (Wildman–Crippen LogP) is 4.35. The van der Waals surface area contributed by atoms with Crippen molar-refractivity contribution in [2.24, 2.45) is 0 Å². The second kappa shape index (κ2) is 7.93. The van der Waals surface area contributed by atoms with Gasteiger partial charge in [0.05, 0.1) is 12.4 Å². The van der Waals surface area contributed by atoms with Crippen molar-refractivity contribution in [2.75, 3.05) is 5.32 Å². The average Bonchev–Trinajstić information content (AvgIpc) is 2.74. The van der Waals surface area contributed by atoms with E-state index in [1.54, 1.807) is 6.20 Å². The van der Waals surface area contributed by atoms with Gasteiger partial charge in [0.25, 0.3) is 0 Å². The lowest BCUT2D eigenvalue weighted by Crippen LogP contribution is -2.04. The van der Waals surface area contributed by atoms with Crippen LogP contribution in [0.5, 0.6) is 5.75 Å². The van der Waals surface area contributed by atoms with Crippen molar-refractivity contribution >= 4 is 28.4 Å². The zero-order valence-electron chi connectivity index (χ0n) is 15.7. The van der Waals surface area contributed by atoms with Crippen LogP contribution in [0, 0.1) is 6.92 Å². The molecule has 4 aromatic rings. The highest BCUT2D eigenvalue weighted by molar-refractivity contribution is 5.90. The summed E-state index contributed by atoms with van der Waals surface area (Å²) in [6.45, 7) is 2.46. The molecule has 0 saturated heterocycles. The van der Waals surface area contributed by atoms with Crippen molar-refractivity contribution in [1.29, 1.82) is 0 Å². The Morgan fingerprint density at radius 3 is 2.59 bits per heavy atom. The number of aryl methyl sites for hydroxylation is 1. The van der Waals surface area contributed by atoms with Gasteiger partial charge in [0.15, 0.2) is 5.69 Å².